The number of hydrogen-bond acceptors (Lipinski definition) is 4. The van der Waals surface area contributed by atoms with E-state index in [2.05, 4.69) is 11.0 Å². The Hall–Kier alpha value is -0.800. The molecule has 0 saturated carbocycles. The van der Waals surface area contributed by atoms with Crippen LogP contribution < -0.4 is 0 Å². The summed E-state index contributed by atoms with van der Waals surface area (Å²) >= 11 is 13.0. The number of nitriles is 1. The third kappa shape index (κ3) is 3.21. The van der Waals surface area contributed by atoms with Crippen molar-refractivity contribution in [3.05, 3.63) is 20.3 Å². The van der Waals surface area contributed by atoms with Crippen LogP contribution in [0.5, 0.6) is 0 Å². The Labute approximate surface area is 126 Å². The predicted octanol–water partition coefficient (Wildman–Crippen LogP) is 2.72. The lowest BCUT2D eigenvalue weighted by atomic mass is 10.2. The summed E-state index contributed by atoms with van der Waals surface area (Å²) < 4.78 is 0.952. The molecule has 0 spiro atoms. The van der Waals surface area contributed by atoms with E-state index in [1.54, 1.807) is 11.0 Å². The van der Waals surface area contributed by atoms with Crippen LogP contribution in [0.4, 0.5) is 0 Å². The smallest absolute Gasteiger partial charge is 0.256 e. The molecule has 1 aromatic heterocycles. The quantitative estimate of drug-likeness (QED) is 0.842. The lowest BCUT2D eigenvalue weighted by molar-refractivity contribution is 0.0616. The van der Waals surface area contributed by atoms with Gasteiger partial charge in [-0.2, -0.15) is 5.26 Å². The first-order valence-corrected chi connectivity index (χ1v) is 7.48. The SMILES string of the molecule is CC(C#N)N1CCN(C(=O)c2cc(Cl)sc2Cl)CC1. The van der Waals surface area contributed by atoms with Crippen molar-refractivity contribution in [1.29, 1.82) is 5.26 Å². The summed E-state index contributed by atoms with van der Waals surface area (Å²) in [6, 6.07) is 3.71. The Bertz CT molecular complexity index is 518. The molecule has 1 saturated heterocycles. The summed E-state index contributed by atoms with van der Waals surface area (Å²) in [6.45, 7) is 4.49. The first-order valence-electron chi connectivity index (χ1n) is 5.90. The largest absolute Gasteiger partial charge is 0.336 e. The van der Waals surface area contributed by atoms with Crippen molar-refractivity contribution in [2.45, 2.75) is 13.0 Å². The molecule has 0 N–H and O–H groups in total. The van der Waals surface area contributed by atoms with Gasteiger partial charge in [0.1, 0.15) is 4.34 Å². The van der Waals surface area contributed by atoms with Crippen molar-refractivity contribution >= 4 is 40.4 Å². The average Bonchev–Trinajstić information content (AvgIpc) is 2.76. The maximum Gasteiger partial charge on any atom is 0.256 e. The summed E-state index contributed by atoms with van der Waals surface area (Å²) in [5.74, 6) is -0.0857. The fourth-order valence-corrected chi connectivity index (χ4v) is 3.50. The molecule has 2 rings (SSSR count). The van der Waals surface area contributed by atoms with Crippen LogP contribution in [0.3, 0.4) is 0 Å². The molecule has 0 aromatic carbocycles. The highest BCUT2D eigenvalue weighted by Crippen LogP contribution is 2.32. The van der Waals surface area contributed by atoms with Gasteiger partial charge in [0.05, 0.1) is 22.0 Å². The Morgan fingerprint density at radius 2 is 2.05 bits per heavy atom. The molecule has 1 unspecified atom stereocenters. The number of thiophene rings is 1. The fraction of sp³-hybridized carbons (Fsp3) is 0.500. The van der Waals surface area contributed by atoms with Crippen LogP contribution >= 0.6 is 34.5 Å². The van der Waals surface area contributed by atoms with Gasteiger partial charge < -0.3 is 4.90 Å². The van der Waals surface area contributed by atoms with Crippen LogP contribution in [-0.4, -0.2) is 47.9 Å². The lowest BCUT2D eigenvalue weighted by Crippen LogP contribution is -2.51. The fourth-order valence-electron chi connectivity index (χ4n) is 2.05. The minimum atomic E-state index is -0.114. The molecule has 4 nitrogen and oxygen atoms in total. The number of halogens is 2. The van der Waals surface area contributed by atoms with Gasteiger partial charge >= 0.3 is 0 Å². The highest BCUT2D eigenvalue weighted by molar-refractivity contribution is 7.20. The Morgan fingerprint density at radius 3 is 2.53 bits per heavy atom. The van der Waals surface area contributed by atoms with E-state index < -0.39 is 0 Å². The number of piperazine rings is 1. The highest BCUT2D eigenvalue weighted by Gasteiger charge is 2.26. The van der Waals surface area contributed by atoms with E-state index >= 15 is 0 Å². The molecule has 1 fully saturated rings. The number of nitrogens with zero attached hydrogens (tertiary/aromatic N) is 3. The molecule has 1 aromatic rings. The topological polar surface area (TPSA) is 47.3 Å². The third-order valence-electron chi connectivity index (χ3n) is 3.22. The second-order valence-electron chi connectivity index (χ2n) is 4.37. The number of hydrogen-bond donors (Lipinski definition) is 0. The molecule has 0 aliphatic carbocycles. The molecule has 19 heavy (non-hydrogen) atoms. The van der Waals surface area contributed by atoms with Crippen molar-refractivity contribution in [3.8, 4) is 6.07 Å². The molecule has 1 aliphatic heterocycles. The summed E-state index contributed by atoms with van der Waals surface area (Å²) in [4.78, 5) is 16.1. The molecule has 102 valence electrons. The van der Waals surface area contributed by atoms with Gasteiger partial charge in [0.15, 0.2) is 0 Å². The number of carbonyl (C=O) groups is 1. The number of amides is 1. The van der Waals surface area contributed by atoms with Gasteiger partial charge in [-0.25, -0.2) is 0 Å². The van der Waals surface area contributed by atoms with E-state index in [1.165, 1.54) is 11.3 Å². The van der Waals surface area contributed by atoms with Crippen LogP contribution in [0.1, 0.15) is 17.3 Å². The molecule has 0 radical (unpaired) electrons. The van der Waals surface area contributed by atoms with Crippen LogP contribution in [0.2, 0.25) is 8.67 Å². The number of carbonyl (C=O) groups excluding carboxylic acids is 1. The van der Waals surface area contributed by atoms with Gasteiger partial charge in [0.25, 0.3) is 5.91 Å². The normalized spacial score (nSPS) is 18.1. The lowest BCUT2D eigenvalue weighted by Gasteiger charge is -2.35. The molecule has 1 amide bonds. The molecule has 7 heteroatoms. The van der Waals surface area contributed by atoms with Gasteiger partial charge in [-0.15, -0.1) is 11.3 Å². The highest BCUT2D eigenvalue weighted by atomic mass is 35.5. The van der Waals surface area contributed by atoms with Crippen molar-refractivity contribution in [2.24, 2.45) is 0 Å². The summed E-state index contributed by atoms with van der Waals surface area (Å²) in [5, 5.41) is 8.88. The second kappa shape index (κ2) is 6.10. The molecule has 1 atom stereocenters. The maximum atomic E-state index is 12.3. The Kier molecular flexibility index (Phi) is 4.69. The zero-order chi connectivity index (χ0) is 14.0. The van der Waals surface area contributed by atoms with Gasteiger partial charge in [-0.3, -0.25) is 9.69 Å². The van der Waals surface area contributed by atoms with Crippen molar-refractivity contribution in [3.63, 3.8) is 0 Å². The Morgan fingerprint density at radius 1 is 1.42 bits per heavy atom. The minimum Gasteiger partial charge on any atom is -0.336 e. The van der Waals surface area contributed by atoms with Gasteiger partial charge in [0, 0.05) is 26.2 Å². The van der Waals surface area contributed by atoms with Crippen LogP contribution in [-0.2, 0) is 0 Å². The summed E-state index contributed by atoms with van der Waals surface area (Å²) in [6.07, 6.45) is 0. The van der Waals surface area contributed by atoms with E-state index in [9.17, 15) is 4.79 Å². The molecular weight excluding hydrogens is 305 g/mol. The van der Waals surface area contributed by atoms with Crippen LogP contribution in [0.15, 0.2) is 6.07 Å². The minimum absolute atomic E-state index is 0.0857. The van der Waals surface area contributed by atoms with E-state index in [-0.39, 0.29) is 11.9 Å². The van der Waals surface area contributed by atoms with Crippen molar-refractivity contribution in [1.82, 2.24) is 9.80 Å². The van der Waals surface area contributed by atoms with E-state index in [4.69, 9.17) is 28.5 Å². The second-order valence-corrected chi connectivity index (χ2v) is 6.66. The van der Waals surface area contributed by atoms with E-state index in [0.29, 0.717) is 40.4 Å². The van der Waals surface area contributed by atoms with Gasteiger partial charge in [-0.1, -0.05) is 23.2 Å². The zero-order valence-corrected chi connectivity index (χ0v) is 12.7. The molecule has 2 heterocycles. The zero-order valence-electron chi connectivity index (χ0n) is 10.4. The van der Waals surface area contributed by atoms with E-state index in [0.717, 1.165) is 0 Å². The molecular formula is C12H13Cl2N3OS. The maximum absolute atomic E-state index is 12.3. The van der Waals surface area contributed by atoms with Crippen LogP contribution in [0.25, 0.3) is 0 Å². The monoisotopic (exact) mass is 317 g/mol. The first-order chi connectivity index (χ1) is 9.02. The van der Waals surface area contributed by atoms with Crippen LogP contribution in [0, 0.1) is 11.3 Å². The standard InChI is InChI=1S/C12H13Cl2N3OS/c1-8(7-15)16-2-4-17(5-3-16)12(18)9-6-10(13)19-11(9)14/h6,8H,2-5H2,1H3. The summed E-state index contributed by atoms with van der Waals surface area (Å²) in [7, 11) is 0. The number of rotatable bonds is 2. The first kappa shape index (κ1) is 14.6. The Balaban J connectivity index is 2.00. The molecule has 1 aliphatic rings. The van der Waals surface area contributed by atoms with Gasteiger partial charge in [-0.05, 0) is 13.0 Å². The van der Waals surface area contributed by atoms with E-state index in [1.807, 2.05) is 6.92 Å². The molecule has 0 bridgehead atoms. The van der Waals surface area contributed by atoms with Crippen molar-refractivity contribution < 1.29 is 4.79 Å². The van der Waals surface area contributed by atoms with Gasteiger partial charge in [0.2, 0.25) is 0 Å². The van der Waals surface area contributed by atoms with Crippen molar-refractivity contribution in [2.75, 3.05) is 26.2 Å². The predicted molar refractivity (Wildman–Crippen MR) is 76.9 cm³/mol. The summed E-state index contributed by atoms with van der Waals surface area (Å²) in [5.41, 5.74) is 0.471. The third-order valence-corrected chi connectivity index (χ3v) is 4.71. The average molecular weight is 318 g/mol.